The molecule has 4 nitrogen and oxygen atoms in total. The van der Waals surface area contributed by atoms with Crippen LogP contribution in [0.1, 0.15) is 24.5 Å². The minimum absolute atomic E-state index is 0.0427. The summed E-state index contributed by atoms with van der Waals surface area (Å²) < 4.78 is 1.83. The predicted octanol–water partition coefficient (Wildman–Crippen LogP) is 1.36. The molecule has 0 radical (unpaired) electrons. The van der Waals surface area contributed by atoms with Crippen LogP contribution in [0.3, 0.4) is 0 Å². The molecule has 0 atom stereocenters. The Labute approximate surface area is 100 Å². The van der Waals surface area contributed by atoms with E-state index in [9.17, 15) is 4.79 Å². The third-order valence-corrected chi connectivity index (χ3v) is 3.34. The van der Waals surface area contributed by atoms with Crippen LogP contribution in [0.2, 0.25) is 0 Å². The van der Waals surface area contributed by atoms with E-state index in [-0.39, 0.29) is 11.8 Å². The number of alkyl halides is 1. The van der Waals surface area contributed by atoms with Gasteiger partial charge >= 0.3 is 0 Å². The molecule has 0 saturated carbocycles. The Kier molecular flexibility index (Phi) is 3.49. The van der Waals surface area contributed by atoms with Gasteiger partial charge in [-0.3, -0.25) is 9.48 Å². The second-order valence-corrected chi connectivity index (χ2v) is 4.47. The van der Waals surface area contributed by atoms with Crippen LogP contribution in [0.15, 0.2) is 12.3 Å². The molecular formula is C11H16ClN3O. The van der Waals surface area contributed by atoms with Crippen molar-refractivity contribution in [2.45, 2.75) is 18.8 Å². The van der Waals surface area contributed by atoms with Crippen molar-refractivity contribution < 1.29 is 4.79 Å². The van der Waals surface area contributed by atoms with E-state index in [1.54, 1.807) is 0 Å². The molecule has 0 spiro atoms. The van der Waals surface area contributed by atoms with Crippen LogP contribution in [0.25, 0.3) is 0 Å². The van der Waals surface area contributed by atoms with Gasteiger partial charge in [-0.05, 0) is 18.9 Å². The molecular weight excluding hydrogens is 226 g/mol. The molecule has 16 heavy (non-hydrogen) atoms. The molecule has 1 aliphatic heterocycles. The van der Waals surface area contributed by atoms with E-state index in [2.05, 4.69) is 11.2 Å². The van der Waals surface area contributed by atoms with Crippen LogP contribution in [0, 0.1) is 0 Å². The Morgan fingerprint density at radius 3 is 2.75 bits per heavy atom. The molecule has 0 unspecified atom stereocenters. The number of rotatable bonds is 2. The maximum atomic E-state index is 11.4. The smallest absolute Gasteiger partial charge is 0.237 e. The molecule has 2 rings (SSSR count). The number of piperidine rings is 1. The van der Waals surface area contributed by atoms with E-state index >= 15 is 0 Å². The zero-order valence-electron chi connectivity index (χ0n) is 9.40. The summed E-state index contributed by atoms with van der Waals surface area (Å²) in [5.74, 6) is 0.621. The maximum Gasteiger partial charge on any atom is 0.237 e. The lowest BCUT2D eigenvalue weighted by Crippen LogP contribution is -2.38. The topological polar surface area (TPSA) is 38.1 Å². The molecule has 0 aromatic carbocycles. The first kappa shape index (κ1) is 11.5. The first-order chi connectivity index (χ1) is 7.70. The Hall–Kier alpha value is -1.03. The lowest BCUT2D eigenvalue weighted by Gasteiger charge is -2.30. The Morgan fingerprint density at radius 1 is 1.56 bits per heavy atom. The van der Waals surface area contributed by atoms with E-state index in [4.69, 9.17) is 11.6 Å². The van der Waals surface area contributed by atoms with Gasteiger partial charge in [0.15, 0.2) is 0 Å². The number of likely N-dealkylation sites (tertiary alicyclic amines) is 1. The number of carbonyl (C=O) groups excluding carboxylic acids is 1. The third-order valence-electron chi connectivity index (χ3n) is 3.11. The highest BCUT2D eigenvalue weighted by Gasteiger charge is 2.24. The number of hydrogen-bond acceptors (Lipinski definition) is 2. The Bertz CT molecular complexity index is 369. The zero-order valence-corrected chi connectivity index (χ0v) is 10.2. The summed E-state index contributed by atoms with van der Waals surface area (Å²) in [5.41, 5.74) is 1.14. The molecule has 0 bridgehead atoms. The van der Waals surface area contributed by atoms with Gasteiger partial charge in [-0.25, -0.2) is 0 Å². The minimum atomic E-state index is 0.0427. The quantitative estimate of drug-likeness (QED) is 0.734. The number of aryl methyl sites for hydroxylation is 1. The normalized spacial score (nSPS) is 17.8. The highest BCUT2D eigenvalue weighted by molar-refractivity contribution is 6.27. The van der Waals surface area contributed by atoms with E-state index in [1.165, 1.54) is 0 Å². The number of nitrogens with zero attached hydrogens (tertiary/aromatic N) is 3. The van der Waals surface area contributed by atoms with Crippen LogP contribution in [-0.2, 0) is 11.8 Å². The van der Waals surface area contributed by atoms with Crippen molar-refractivity contribution in [3.63, 3.8) is 0 Å². The zero-order chi connectivity index (χ0) is 11.5. The number of aromatic nitrogens is 2. The molecule has 0 N–H and O–H groups in total. The van der Waals surface area contributed by atoms with Crippen molar-refractivity contribution in [2.75, 3.05) is 19.0 Å². The van der Waals surface area contributed by atoms with Crippen LogP contribution < -0.4 is 0 Å². The second-order valence-electron chi connectivity index (χ2n) is 4.20. The molecule has 1 aliphatic rings. The number of halogens is 1. The van der Waals surface area contributed by atoms with Gasteiger partial charge in [0, 0.05) is 32.3 Å². The van der Waals surface area contributed by atoms with Crippen molar-refractivity contribution in [2.24, 2.45) is 7.05 Å². The Morgan fingerprint density at radius 2 is 2.25 bits per heavy atom. The average molecular weight is 242 g/mol. The van der Waals surface area contributed by atoms with Gasteiger partial charge < -0.3 is 4.90 Å². The summed E-state index contributed by atoms with van der Waals surface area (Å²) in [6.45, 7) is 1.60. The largest absolute Gasteiger partial charge is 0.342 e. The summed E-state index contributed by atoms with van der Waals surface area (Å²) in [5, 5.41) is 4.41. The molecule has 88 valence electrons. The summed E-state index contributed by atoms with van der Waals surface area (Å²) in [6, 6.07) is 2.06. The minimum Gasteiger partial charge on any atom is -0.342 e. The van der Waals surface area contributed by atoms with Crippen molar-refractivity contribution >= 4 is 17.5 Å². The Balaban J connectivity index is 1.92. The molecule has 1 aromatic heterocycles. The first-order valence-electron chi connectivity index (χ1n) is 5.54. The summed E-state index contributed by atoms with van der Waals surface area (Å²) in [4.78, 5) is 13.2. The summed E-state index contributed by atoms with van der Waals surface area (Å²) in [7, 11) is 1.93. The van der Waals surface area contributed by atoms with Crippen molar-refractivity contribution in [1.82, 2.24) is 14.7 Å². The van der Waals surface area contributed by atoms with E-state index in [0.717, 1.165) is 31.6 Å². The molecule has 1 saturated heterocycles. The van der Waals surface area contributed by atoms with Crippen molar-refractivity contribution in [3.8, 4) is 0 Å². The van der Waals surface area contributed by atoms with Gasteiger partial charge in [-0.15, -0.1) is 11.6 Å². The van der Waals surface area contributed by atoms with E-state index < -0.39 is 0 Å². The van der Waals surface area contributed by atoms with E-state index in [0.29, 0.717) is 5.92 Å². The number of carbonyl (C=O) groups is 1. The monoisotopic (exact) mass is 241 g/mol. The van der Waals surface area contributed by atoms with Gasteiger partial charge in [0.2, 0.25) is 5.91 Å². The first-order valence-corrected chi connectivity index (χ1v) is 6.07. The SMILES string of the molecule is Cn1ccc(C2CCN(C(=O)CCl)CC2)n1. The second kappa shape index (κ2) is 4.87. The van der Waals surface area contributed by atoms with Crippen molar-refractivity contribution in [3.05, 3.63) is 18.0 Å². The van der Waals surface area contributed by atoms with Crippen LogP contribution in [0.4, 0.5) is 0 Å². The molecule has 1 amide bonds. The summed E-state index contributed by atoms with van der Waals surface area (Å²) in [6.07, 6.45) is 3.94. The molecule has 1 fully saturated rings. The maximum absolute atomic E-state index is 11.4. The fraction of sp³-hybridized carbons (Fsp3) is 0.636. The lowest BCUT2D eigenvalue weighted by atomic mass is 9.94. The molecule has 1 aromatic rings. The van der Waals surface area contributed by atoms with Crippen LogP contribution in [-0.4, -0.2) is 39.6 Å². The van der Waals surface area contributed by atoms with Gasteiger partial charge in [0.25, 0.3) is 0 Å². The van der Waals surface area contributed by atoms with Gasteiger partial charge in [-0.1, -0.05) is 0 Å². The highest BCUT2D eigenvalue weighted by Crippen LogP contribution is 2.26. The lowest BCUT2D eigenvalue weighted by molar-refractivity contribution is -0.129. The molecule has 2 heterocycles. The number of amides is 1. The van der Waals surface area contributed by atoms with Crippen LogP contribution >= 0.6 is 11.6 Å². The van der Waals surface area contributed by atoms with Gasteiger partial charge in [0.05, 0.1) is 5.69 Å². The summed E-state index contributed by atoms with van der Waals surface area (Å²) >= 11 is 5.54. The molecule has 5 heteroatoms. The average Bonchev–Trinajstić information content (AvgIpc) is 2.75. The van der Waals surface area contributed by atoms with E-state index in [1.807, 2.05) is 22.8 Å². The van der Waals surface area contributed by atoms with Gasteiger partial charge in [0.1, 0.15) is 5.88 Å². The highest BCUT2D eigenvalue weighted by atomic mass is 35.5. The third kappa shape index (κ3) is 2.38. The standard InChI is InChI=1S/C11H16ClN3O/c1-14-5-4-10(13-14)9-2-6-15(7-3-9)11(16)8-12/h4-5,9H,2-3,6-8H2,1H3. The van der Waals surface area contributed by atoms with Crippen molar-refractivity contribution in [1.29, 1.82) is 0 Å². The van der Waals surface area contributed by atoms with Gasteiger partial charge in [-0.2, -0.15) is 5.10 Å². The predicted molar refractivity (Wildman–Crippen MR) is 62.5 cm³/mol. The number of hydrogen-bond donors (Lipinski definition) is 0. The fourth-order valence-electron chi connectivity index (χ4n) is 2.16. The molecule has 0 aliphatic carbocycles. The fourth-order valence-corrected chi connectivity index (χ4v) is 2.33. The van der Waals surface area contributed by atoms with Crippen LogP contribution in [0.5, 0.6) is 0 Å².